The number of rotatable bonds is 5. The van der Waals surface area contributed by atoms with Crippen molar-refractivity contribution in [2.75, 3.05) is 18.0 Å². The van der Waals surface area contributed by atoms with Crippen LogP contribution in [0.15, 0.2) is 72.1 Å². The number of hydrogen-bond acceptors (Lipinski definition) is 3. The van der Waals surface area contributed by atoms with E-state index in [1.54, 1.807) is 23.5 Å². The number of hydrogen-bond donors (Lipinski definition) is 0. The van der Waals surface area contributed by atoms with E-state index in [2.05, 4.69) is 22.4 Å². The van der Waals surface area contributed by atoms with Gasteiger partial charge in [0.1, 0.15) is 5.82 Å². The molecule has 1 amide bonds. The molecule has 1 aliphatic heterocycles. The molecule has 0 spiro atoms. The molecule has 0 bridgehead atoms. The van der Waals surface area contributed by atoms with Crippen LogP contribution < -0.4 is 4.90 Å². The minimum absolute atomic E-state index is 0.0242. The molecule has 5 heteroatoms. The third kappa shape index (κ3) is 4.32. The highest BCUT2D eigenvalue weighted by molar-refractivity contribution is 7.09. The van der Waals surface area contributed by atoms with Crippen LogP contribution >= 0.6 is 11.3 Å². The topological polar surface area (TPSA) is 23.6 Å². The Bertz CT molecular complexity index is 888. The monoisotopic (exact) mass is 394 g/mol. The summed E-state index contributed by atoms with van der Waals surface area (Å²) in [7, 11) is 0. The largest absolute Gasteiger partial charge is 0.305 e. The lowest BCUT2D eigenvalue weighted by Gasteiger charge is -2.38. The fraction of sp³-hybridized carbons (Fsp3) is 0.261. The normalized spacial score (nSPS) is 15.5. The SMILES string of the molecule is O=C(c1ccccc1)N(c1ccc(F)cc1)C1CCN(Cc2cccs2)CC1. The maximum absolute atomic E-state index is 13.4. The summed E-state index contributed by atoms with van der Waals surface area (Å²) >= 11 is 1.78. The van der Waals surface area contributed by atoms with Gasteiger partial charge in [0.05, 0.1) is 0 Å². The van der Waals surface area contributed by atoms with Crippen molar-refractivity contribution in [3.05, 3.63) is 88.4 Å². The zero-order chi connectivity index (χ0) is 19.3. The van der Waals surface area contributed by atoms with Gasteiger partial charge in [-0.2, -0.15) is 0 Å². The third-order valence-electron chi connectivity index (χ3n) is 5.23. The maximum atomic E-state index is 13.4. The number of nitrogens with zero attached hydrogens (tertiary/aromatic N) is 2. The minimum atomic E-state index is -0.290. The number of benzene rings is 2. The summed E-state index contributed by atoms with van der Waals surface area (Å²) in [4.78, 5) is 19.0. The molecule has 28 heavy (non-hydrogen) atoms. The number of amides is 1. The van der Waals surface area contributed by atoms with Gasteiger partial charge in [-0.3, -0.25) is 9.69 Å². The van der Waals surface area contributed by atoms with Crippen LogP contribution in [0.4, 0.5) is 10.1 Å². The van der Waals surface area contributed by atoms with Gasteiger partial charge in [0.15, 0.2) is 0 Å². The first-order valence-corrected chi connectivity index (χ1v) is 10.5. The first-order valence-electron chi connectivity index (χ1n) is 9.59. The predicted molar refractivity (Wildman–Crippen MR) is 112 cm³/mol. The van der Waals surface area contributed by atoms with Crippen LogP contribution in [-0.2, 0) is 6.54 Å². The number of thiophene rings is 1. The average molecular weight is 395 g/mol. The van der Waals surface area contributed by atoms with E-state index in [0.717, 1.165) is 38.2 Å². The van der Waals surface area contributed by atoms with Gasteiger partial charge in [0.2, 0.25) is 0 Å². The second-order valence-electron chi connectivity index (χ2n) is 7.10. The quantitative estimate of drug-likeness (QED) is 0.594. The molecule has 1 fully saturated rings. The molecule has 1 saturated heterocycles. The van der Waals surface area contributed by atoms with Crippen molar-refractivity contribution in [2.24, 2.45) is 0 Å². The lowest BCUT2D eigenvalue weighted by molar-refractivity contribution is 0.0959. The fourth-order valence-corrected chi connectivity index (χ4v) is 4.52. The number of likely N-dealkylation sites (tertiary alicyclic amines) is 1. The second-order valence-corrected chi connectivity index (χ2v) is 8.14. The zero-order valence-electron chi connectivity index (χ0n) is 15.6. The first kappa shape index (κ1) is 18.8. The second kappa shape index (κ2) is 8.67. The molecule has 2 heterocycles. The van der Waals surface area contributed by atoms with Gasteiger partial charge in [-0.05, 0) is 60.7 Å². The van der Waals surface area contributed by atoms with E-state index in [9.17, 15) is 9.18 Å². The van der Waals surface area contributed by atoms with E-state index in [1.807, 2.05) is 35.2 Å². The molecule has 0 radical (unpaired) electrons. The van der Waals surface area contributed by atoms with Crippen LogP contribution in [0.2, 0.25) is 0 Å². The molecule has 0 unspecified atom stereocenters. The summed E-state index contributed by atoms with van der Waals surface area (Å²) in [6, 6.07) is 19.9. The van der Waals surface area contributed by atoms with E-state index < -0.39 is 0 Å². The highest BCUT2D eigenvalue weighted by Crippen LogP contribution is 2.27. The van der Waals surface area contributed by atoms with Crippen LogP contribution in [0.25, 0.3) is 0 Å². The molecule has 0 atom stereocenters. The Morgan fingerprint density at radius 1 is 1.00 bits per heavy atom. The van der Waals surface area contributed by atoms with E-state index in [1.165, 1.54) is 17.0 Å². The summed E-state index contributed by atoms with van der Waals surface area (Å²) < 4.78 is 13.4. The van der Waals surface area contributed by atoms with Gasteiger partial charge >= 0.3 is 0 Å². The molecule has 3 nitrogen and oxygen atoms in total. The number of carbonyl (C=O) groups is 1. The Morgan fingerprint density at radius 3 is 2.36 bits per heavy atom. The molecule has 1 aliphatic rings. The third-order valence-corrected chi connectivity index (χ3v) is 6.09. The predicted octanol–water partition coefficient (Wildman–Crippen LogP) is 5.20. The summed E-state index contributed by atoms with van der Waals surface area (Å²) in [6.07, 6.45) is 1.81. The molecular weight excluding hydrogens is 371 g/mol. The van der Waals surface area contributed by atoms with E-state index >= 15 is 0 Å². The van der Waals surface area contributed by atoms with Crippen LogP contribution in [0, 0.1) is 5.82 Å². The van der Waals surface area contributed by atoms with Crippen molar-refractivity contribution in [1.82, 2.24) is 4.90 Å². The summed E-state index contributed by atoms with van der Waals surface area (Å²) in [6.45, 7) is 2.86. The Kier molecular flexibility index (Phi) is 5.84. The number of halogens is 1. The Labute approximate surface area is 169 Å². The van der Waals surface area contributed by atoms with Crippen molar-refractivity contribution >= 4 is 22.9 Å². The van der Waals surface area contributed by atoms with Crippen molar-refractivity contribution in [2.45, 2.75) is 25.4 Å². The van der Waals surface area contributed by atoms with Crippen molar-refractivity contribution in [3.8, 4) is 0 Å². The molecule has 0 aliphatic carbocycles. The standard InChI is InChI=1S/C23H23FN2OS/c24-19-8-10-20(11-9-19)26(23(27)18-5-2-1-3-6-18)21-12-14-25(15-13-21)17-22-7-4-16-28-22/h1-11,16,21H,12-15,17H2. The molecule has 3 aromatic rings. The lowest BCUT2D eigenvalue weighted by Crippen LogP contribution is -2.47. The molecule has 2 aromatic carbocycles. The summed E-state index contributed by atoms with van der Waals surface area (Å²) in [5.74, 6) is -0.314. The van der Waals surface area contributed by atoms with Crippen molar-refractivity contribution < 1.29 is 9.18 Å². The minimum Gasteiger partial charge on any atom is -0.305 e. The Balaban J connectivity index is 1.52. The number of piperidine rings is 1. The highest BCUT2D eigenvalue weighted by Gasteiger charge is 2.30. The van der Waals surface area contributed by atoms with Crippen LogP contribution in [0.5, 0.6) is 0 Å². The van der Waals surface area contributed by atoms with Gasteiger partial charge in [-0.1, -0.05) is 24.3 Å². The smallest absolute Gasteiger partial charge is 0.258 e. The highest BCUT2D eigenvalue weighted by atomic mass is 32.1. The molecule has 1 aromatic heterocycles. The summed E-state index contributed by atoms with van der Waals surface area (Å²) in [5, 5.41) is 2.11. The van der Waals surface area contributed by atoms with Gasteiger partial charge in [-0.25, -0.2) is 4.39 Å². The van der Waals surface area contributed by atoms with E-state index in [4.69, 9.17) is 0 Å². The zero-order valence-corrected chi connectivity index (χ0v) is 16.4. The molecular formula is C23H23FN2OS. The molecule has 4 rings (SSSR count). The van der Waals surface area contributed by atoms with Crippen LogP contribution in [0.3, 0.4) is 0 Å². The van der Waals surface area contributed by atoms with Crippen LogP contribution in [-0.4, -0.2) is 29.9 Å². The molecule has 144 valence electrons. The Hall–Kier alpha value is -2.50. The number of anilines is 1. The van der Waals surface area contributed by atoms with E-state index in [0.29, 0.717) is 5.56 Å². The van der Waals surface area contributed by atoms with Gasteiger partial charge in [-0.15, -0.1) is 11.3 Å². The average Bonchev–Trinajstić information content (AvgIpc) is 3.24. The summed E-state index contributed by atoms with van der Waals surface area (Å²) in [5.41, 5.74) is 1.42. The van der Waals surface area contributed by atoms with Gasteiger partial charge < -0.3 is 4.90 Å². The van der Waals surface area contributed by atoms with Crippen molar-refractivity contribution in [1.29, 1.82) is 0 Å². The maximum Gasteiger partial charge on any atom is 0.258 e. The van der Waals surface area contributed by atoms with E-state index in [-0.39, 0.29) is 17.8 Å². The Morgan fingerprint density at radius 2 is 1.71 bits per heavy atom. The first-order chi connectivity index (χ1) is 13.7. The van der Waals surface area contributed by atoms with Crippen molar-refractivity contribution in [3.63, 3.8) is 0 Å². The lowest BCUT2D eigenvalue weighted by atomic mass is 10.0. The molecule has 0 saturated carbocycles. The molecule has 0 N–H and O–H groups in total. The number of carbonyl (C=O) groups excluding carboxylic acids is 1. The van der Waals surface area contributed by atoms with Gasteiger partial charge in [0.25, 0.3) is 5.91 Å². The van der Waals surface area contributed by atoms with Gasteiger partial charge in [0, 0.05) is 41.8 Å². The fourth-order valence-electron chi connectivity index (χ4n) is 3.77. The van der Waals surface area contributed by atoms with Crippen LogP contribution in [0.1, 0.15) is 28.1 Å².